The van der Waals surface area contributed by atoms with Crippen LogP contribution in [-0.2, 0) is 6.42 Å². The van der Waals surface area contributed by atoms with Crippen LogP contribution in [0.2, 0.25) is 0 Å². The van der Waals surface area contributed by atoms with Gasteiger partial charge in [-0.15, -0.1) is 11.3 Å². The van der Waals surface area contributed by atoms with Crippen LogP contribution in [0, 0.1) is 0 Å². The second kappa shape index (κ2) is 6.75. The third-order valence-corrected chi connectivity index (χ3v) is 3.37. The van der Waals surface area contributed by atoms with Crippen molar-refractivity contribution in [2.75, 3.05) is 24.2 Å². The molecular weight excluding hydrogens is 260 g/mol. The van der Waals surface area contributed by atoms with E-state index in [1.165, 1.54) is 0 Å². The number of hydrogen-bond acceptors (Lipinski definition) is 4. The van der Waals surface area contributed by atoms with E-state index >= 15 is 0 Å². The molecule has 0 saturated heterocycles. The lowest BCUT2D eigenvalue weighted by Crippen LogP contribution is -2.30. The summed E-state index contributed by atoms with van der Waals surface area (Å²) in [6.07, 6.45) is 0.723. The van der Waals surface area contributed by atoms with Gasteiger partial charge >= 0.3 is 6.03 Å². The van der Waals surface area contributed by atoms with Crippen LogP contribution in [0.4, 0.5) is 15.6 Å². The number of carbonyl (C=O) groups excluding carboxylic acids is 1. The summed E-state index contributed by atoms with van der Waals surface area (Å²) in [5.74, 6) is 0. The first-order valence-corrected chi connectivity index (χ1v) is 6.88. The Hall–Kier alpha value is -2.08. The van der Waals surface area contributed by atoms with Crippen LogP contribution in [0.3, 0.4) is 0 Å². The third-order valence-electron chi connectivity index (χ3n) is 2.46. The lowest BCUT2D eigenvalue weighted by molar-refractivity contribution is 0.252. The van der Waals surface area contributed by atoms with Gasteiger partial charge in [0.1, 0.15) is 0 Å². The highest BCUT2D eigenvalue weighted by atomic mass is 32.1. The number of amides is 2. The fraction of sp³-hybridized carbons (Fsp3) is 0.231. The molecule has 6 heteroatoms. The van der Waals surface area contributed by atoms with Crippen LogP contribution < -0.4 is 16.0 Å². The highest BCUT2D eigenvalue weighted by molar-refractivity contribution is 7.13. The van der Waals surface area contributed by atoms with Gasteiger partial charge in [-0.2, -0.15) is 0 Å². The first-order chi connectivity index (χ1) is 9.28. The summed E-state index contributed by atoms with van der Waals surface area (Å²) in [5, 5.41) is 11.4. The molecule has 19 heavy (non-hydrogen) atoms. The molecule has 2 rings (SSSR count). The lowest BCUT2D eigenvalue weighted by Gasteiger charge is -2.06. The number of carbonyl (C=O) groups is 1. The molecule has 2 amide bonds. The molecule has 0 aliphatic rings. The van der Waals surface area contributed by atoms with E-state index in [1.807, 2.05) is 42.8 Å². The molecule has 0 fully saturated rings. The van der Waals surface area contributed by atoms with E-state index in [0.717, 1.165) is 22.9 Å². The predicted molar refractivity (Wildman–Crippen MR) is 78.8 cm³/mol. The van der Waals surface area contributed by atoms with Crippen LogP contribution in [-0.4, -0.2) is 24.6 Å². The summed E-state index contributed by atoms with van der Waals surface area (Å²) in [6, 6.07) is 9.16. The molecule has 0 spiro atoms. The maximum atomic E-state index is 11.6. The van der Waals surface area contributed by atoms with Crippen molar-refractivity contribution in [1.29, 1.82) is 0 Å². The number of aromatic nitrogens is 1. The van der Waals surface area contributed by atoms with Crippen LogP contribution in [0.5, 0.6) is 0 Å². The Bertz CT molecular complexity index is 526. The van der Waals surface area contributed by atoms with Gasteiger partial charge in [0.25, 0.3) is 0 Å². The smallest absolute Gasteiger partial charge is 0.319 e. The van der Waals surface area contributed by atoms with E-state index < -0.39 is 0 Å². The van der Waals surface area contributed by atoms with E-state index in [4.69, 9.17) is 0 Å². The molecule has 0 bridgehead atoms. The van der Waals surface area contributed by atoms with Crippen molar-refractivity contribution in [1.82, 2.24) is 10.3 Å². The van der Waals surface area contributed by atoms with Crippen LogP contribution in [0.25, 0.3) is 0 Å². The summed E-state index contributed by atoms with van der Waals surface area (Å²) in [7, 11) is 1.84. The molecule has 0 unspecified atom stereocenters. The molecule has 1 aromatic heterocycles. The topological polar surface area (TPSA) is 66.0 Å². The van der Waals surface area contributed by atoms with E-state index in [9.17, 15) is 4.79 Å². The Balaban J connectivity index is 1.72. The minimum absolute atomic E-state index is 0.199. The fourth-order valence-electron chi connectivity index (χ4n) is 1.54. The molecule has 0 aliphatic heterocycles. The lowest BCUT2D eigenvalue weighted by atomic mass is 10.3. The zero-order valence-electron chi connectivity index (χ0n) is 10.6. The largest absolute Gasteiger partial charge is 0.365 e. The van der Waals surface area contributed by atoms with Crippen molar-refractivity contribution in [3.63, 3.8) is 0 Å². The average Bonchev–Trinajstić information content (AvgIpc) is 2.88. The van der Waals surface area contributed by atoms with Gasteiger partial charge in [0.15, 0.2) is 5.13 Å². The second-order valence-corrected chi connectivity index (χ2v) is 4.75. The molecule has 0 radical (unpaired) electrons. The summed E-state index contributed by atoms with van der Waals surface area (Å²) in [6.45, 7) is 0.561. The molecule has 1 heterocycles. The van der Waals surface area contributed by atoms with E-state index in [1.54, 1.807) is 11.3 Å². The van der Waals surface area contributed by atoms with Crippen molar-refractivity contribution < 1.29 is 4.79 Å². The van der Waals surface area contributed by atoms with Gasteiger partial charge in [0.2, 0.25) is 0 Å². The maximum Gasteiger partial charge on any atom is 0.319 e. The Labute approximate surface area is 116 Å². The average molecular weight is 276 g/mol. The number of para-hydroxylation sites is 1. The number of benzene rings is 1. The highest BCUT2D eigenvalue weighted by Crippen LogP contribution is 2.14. The van der Waals surface area contributed by atoms with E-state index in [0.29, 0.717) is 6.54 Å². The molecule has 1 aromatic carbocycles. The van der Waals surface area contributed by atoms with Gasteiger partial charge < -0.3 is 16.0 Å². The Morgan fingerprint density at radius 3 is 2.79 bits per heavy atom. The third kappa shape index (κ3) is 4.26. The van der Waals surface area contributed by atoms with E-state index in [-0.39, 0.29) is 6.03 Å². The first-order valence-electron chi connectivity index (χ1n) is 6.00. The first kappa shape index (κ1) is 13.4. The Morgan fingerprint density at radius 2 is 2.11 bits per heavy atom. The van der Waals surface area contributed by atoms with Crippen LogP contribution in [0.1, 0.15) is 5.69 Å². The standard InChI is InChI=1S/C13H16N4OS/c1-14-13-17-11(9-19-13)7-8-15-12(18)16-10-5-3-2-4-6-10/h2-6,9H,7-8H2,1H3,(H,14,17)(H2,15,16,18). The molecule has 5 nitrogen and oxygen atoms in total. The molecule has 2 aromatic rings. The minimum Gasteiger partial charge on any atom is -0.365 e. The minimum atomic E-state index is -0.199. The number of hydrogen-bond donors (Lipinski definition) is 3. The molecule has 3 N–H and O–H groups in total. The van der Waals surface area contributed by atoms with Gasteiger partial charge in [-0.1, -0.05) is 18.2 Å². The van der Waals surface area contributed by atoms with Crippen molar-refractivity contribution >= 4 is 28.2 Å². The van der Waals surface area contributed by atoms with Crippen molar-refractivity contribution in [3.8, 4) is 0 Å². The number of rotatable bonds is 5. The molecule has 0 saturated carbocycles. The number of nitrogens with one attached hydrogen (secondary N) is 3. The summed E-state index contributed by atoms with van der Waals surface area (Å²) in [5.41, 5.74) is 1.76. The van der Waals surface area contributed by atoms with E-state index in [2.05, 4.69) is 20.9 Å². The Morgan fingerprint density at radius 1 is 1.32 bits per heavy atom. The summed E-state index contributed by atoms with van der Waals surface area (Å²) in [4.78, 5) is 16.0. The molecule has 0 atom stereocenters. The number of anilines is 2. The zero-order chi connectivity index (χ0) is 13.5. The SMILES string of the molecule is CNc1nc(CCNC(=O)Nc2ccccc2)cs1. The van der Waals surface area contributed by atoms with Crippen LogP contribution >= 0.6 is 11.3 Å². The van der Waals surface area contributed by atoms with Gasteiger partial charge in [0, 0.05) is 31.1 Å². The summed E-state index contributed by atoms with van der Waals surface area (Å²) < 4.78 is 0. The fourth-order valence-corrected chi connectivity index (χ4v) is 2.24. The Kier molecular flexibility index (Phi) is 4.74. The van der Waals surface area contributed by atoms with Crippen molar-refractivity contribution in [2.24, 2.45) is 0 Å². The number of nitrogens with zero attached hydrogens (tertiary/aromatic N) is 1. The highest BCUT2D eigenvalue weighted by Gasteiger charge is 2.03. The van der Waals surface area contributed by atoms with Crippen LogP contribution in [0.15, 0.2) is 35.7 Å². The molecule has 100 valence electrons. The zero-order valence-corrected chi connectivity index (χ0v) is 11.5. The second-order valence-electron chi connectivity index (χ2n) is 3.89. The number of urea groups is 1. The van der Waals surface area contributed by atoms with Gasteiger partial charge in [-0.3, -0.25) is 0 Å². The maximum absolute atomic E-state index is 11.6. The van der Waals surface area contributed by atoms with Gasteiger partial charge in [-0.25, -0.2) is 9.78 Å². The van der Waals surface area contributed by atoms with Crippen molar-refractivity contribution in [3.05, 3.63) is 41.4 Å². The predicted octanol–water partition coefficient (Wildman–Crippen LogP) is 2.55. The normalized spacial score (nSPS) is 9.95. The van der Waals surface area contributed by atoms with Gasteiger partial charge in [-0.05, 0) is 12.1 Å². The number of thiazole rings is 1. The monoisotopic (exact) mass is 276 g/mol. The van der Waals surface area contributed by atoms with Crippen molar-refractivity contribution in [2.45, 2.75) is 6.42 Å². The quantitative estimate of drug-likeness (QED) is 0.786. The molecule has 0 aliphatic carbocycles. The molecular formula is C13H16N4OS. The summed E-state index contributed by atoms with van der Waals surface area (Å²) >= 11 is 1.56. The van der Waals surface area contributed by atoms with Gasteiger partial charge in [0.05, 0.1) is 5.69 Å².